The van der Waals surface area contributed by atoms with E-state index in [-0.39, 0.29) is 0 Å². The molecule has 0 aromatic heterocycles. The van der Waals surface area contributed by atoms with Crippen molar-refractivity contribution in [3.63, 3.8) is 0 Å². The molecule has 1 aromatic carbocycles. The molecule has 1 aliphatic rings. The Labute approximate surface area is 82.1 Å². The van der Waals surface area contributed by atoms with Crippen LogP contribution >= 0.6 is 0 Å². The van der Waals surface area contributed by atoms with Gasteiger partial charge in [-0.1, -0.05) is 6.07 Å². The van der Waals surface area contributed by atoms with E-state index in [0.717, 1.165) is 24.9 Å². The second-order valence-corrected chi connectivity index (χ2v) is 3.75. The molecule has 1 saturated heterocycles. The molecular formula is C11H13F2N. The first-order valence-electron chi connectivity index (χ1n) is 4.93. The SMILES string of the molecule is Fc1ccc(CC2CCCN2)cc1F. The van der Waals surface area contributed by atoms with E-state index >= 15 is 0 Å². The fraction of sp³-hybridized carbons (Fsp3) is 0.455. The van der Waals surface area contributed by atoms with E-state index in [1.165, 1.54) is 18.6 Å². The molecule has 14 heavy (non-hydrogen) atoms. The third-order valence-electron chi connectivity index (χ3n) is 2.63. The second kappa shape index (κ2) is 4.05. The molecule has 0 spiro atoms. The Balaban J connectivity index is 2.05. The van der Waals surface area contributed by atoms with Gasteiger partial charge in [0.05, 0.1) is 0 Å². The zero-order valence-corrected chi connectivity index (χ0v) is 7.89. The highest BCUT2D eigenvalue weighted by Gasteiger charge is 2.14. The van der Waals surface area contributed by atoms with Crippen molar-refractivity contribution in [1.29, 1.82) is 0 Å². The Morgan fingerprint density at radius 3 is 2.79 bits per heavy atom. The minimum Gasteiger partial charge on any atom is -0.314 e. The van der Waals surface area contributed by atoms with Crippen molar-refractivity contribution in [3.05, 3.63) is 35.4 Å². The molecule has 76 valence electrons. The number of rotatable bonds is 2. The summed E-state index contributed by atoms with van der Waals surface area (Å²) in [5.41, 5.74) is 0.864. The van der Waals surface area contributed by atoms with E-state index in [4.69, 9.17) is 0 Å². The van der Waals surface area contributed by atoms with Gasteiger partial charge in [0.1, 0.15) is 0 Å². The molecular weight excluding hydrogens is 184 g/mol. The second-order valence-electron chi connectivity index (χ2n) is 3.75. The van der Waals surface area contributed by atoms with E-state index in [2.05, 4.69) is 5.32 Å². The maximum atomic E-state index is 12.9. The zero-order valence-electron chi connectivity index (χ0n) is 7.89. The van der Waals surface area contributed by atoms with Gasteiger partial charge >= 0.3 is 0 Å². The third-order valence-corrected chi connectivity index (χ3v) is 2.63. The van der Waals surface area contributed by atoms with Crippen molar-refractivity contribution in [2.45, 2.75) is 25.3 Å². The molecule has 1 nitrogen and oxygen atoms in total. The monoisotopic (exact) mass is 197 g/mol. The average molecular weight is 197 g/mol. The highest BCUT2D eigenvalue weighted by atomic mass is 19.2. The van der Waals surface area contributed by atoms with E-state index in [1.54, 1.807) is 6.07 Å². The number of halogens is 2. The molecule has 1 atom stereocenters. The van der Waals surface area contributed by atoms with Crippen LogP contribution in [0.25, 0.3) is 0 Å². The van der Waals surface area contributed by atoms with Crippen LogP contribution in [-0.4, -0.2) is 12.6 Å². The van der Waals surface area contributed by atoms with E-state index in [1.807, 2.05) is 0 Å². The van der Waals surface area contributed by atoms with E-state index in [9.17, 15) is 8.78 Å². The van der Waals surface area contributed by atoms with Crippen LogP contribution in [0.5, 0.6) is 0 Å². The van der Waals surface area contributed by atoms with Crippen molar-refractivity contribution in [2.75, 3.05) is 6.54 Å². The van der Waals surface area contributed by atoms with Gasteiger partial charge in [0.25, 0.3) is 0 Å². The summed E-state index contributed by atoms with van der Waals surface area (Å²) >= 11 is 0. The van der Waals surface area contributed by atoms with E-state index in [0.29, 0.717) is 6.04 Å². The van der Waals surface area contributed by atoms with Gasteiger partial charge in [0.15, 0.2) is 11.6 Å². The van der Waals surface area contributed by atoms with Crippen LogP contribution in [0.4, 0.5) is 8.78 Å². The molecule has 3 heteroatoms. The molecule has 0 aliphatic carbocycles. The summed E-state index contributed by atoms with van der Waals surface area (Å²) in [5, 5.41) is 3.32. The first-order valence-corrected chi connectivity index (χ1v) is 4.93. The fourth-order valence-electron chi connectivity index (χ4n) is 1.88. The van der Waals surface area contributed by atoms with Gasteiger partial charge in [-0.2, -0.15) is 0 Å². The highest BCUT2D eigenvalue weighted by molar-refractivity contribution is 5.19. The van der Waals surface area contributed by atoms with Crippen molar-refractivity contribution in [1.82, 2.24) is 5.32 Å². The fourth-order valence-corrected chi connectivity index (χ4v) is 1.88. The summed E-state index contributed by atoms with van der Waals surface area (Å²) < 4.78 is 25.5. The first-order chi connectivity index (χ1) is 6.75. The Hall–Kier alpha value is -0.960. The van der Waals surface area contributed by atoms with Crippen LogP contribution in [0.2, 0.25) is 0 Å². The summed E-state index contributed by atoms with van der Waals surface area (Å²) in [4.78, 5) is 0. The topological polar surface area (TPSA) is 12.0 Å². The average Bonchev–Trinajstić information content (AvgIpc) is 2.64. The summed E-state index contributed by atoms with van der Waals surface area (Å²) in [7, 11) is 0. The quantitative estimate of drug-likeness (QED) is 0.766. The molecule has 1 fully saturated rings. The van der Waals surface area contributed by atoms with Crippen LogP contribution in [-0.2, 0) is 6.42 Å². The maximum Gasteiger partial charge on any atom is 0.159 e. The van der Waals surface area contributed by atoms with Gasteiger partial charge in [0, 0.05) is 6.04 Å². The first kappa shape index (κ1) is 9.59. The van der Waals surface area contributed by atoms with E-state index < -0.39 is 11.6 Å². The molecule has 0 saturated carbocycles. The number of nitrogens with one attached hydrogen (secondary N) is 1. The van der Waals surface area contributed by atoms with Crippen molar-refractivity contribution < 1.29 is 8.78 Å². The van der Waals surface area contributed by atoms with Gasteiger partial charge in [-0.05, 0) is 43.5 Å². The summed E-state index contributed by atoms with van der Waals surface area (Å²) in [6.45, 7) is 1.04. The van der Waals surface area contributed by atoms with Gasteiger partial charge in [-0.15, -0.1) is 0 Å². The van der Waals surface area contributed by atoms with Gasteiger partial charge in [-0.3, -0.25) is 0 Å². The lowest BCUT2D eigenvalue weighted by molar-refractivity contribution is 0.505. The minimum atomic E-state index is -0.770. The lowest BCUT2D eigenvalue weighted by Gasteiger charge is -2.09. The van der Waals surface area contributed by atoms with Gasteiger partial charge in [0.2, 0.25) is 0 Å². The van der Waals surface area contributed by atoms with Crippen molar-refractivity contribution in [2.24, 2.45) is 0 Å². The van der Waals surface area contributed by atoms with Crippen LogP contribution in [0.1, 0.15) is 18.4 Å². The molecule has 1 aliphatic heterocycles. The molecule has 0 radical (unpaired) electrons. The van der Waals surface area contributed by atoms with Gasteiger partial charge < -0.3 is 5.32 Å². The lowest BCUT2D eigenvalue weighted by Crippen LogP contribution is -2.23. The van der Waals surface area contributed by atoms with Crippen molar-refractivity contribution >= 4 is 0 Å². The third kappa shape index (κ3) is 2.10. The van der Waals surface area contributed by atoms with Crippen LogP contribution in [0, 0.1) is 11.6 Å². The molecule has 0 amide bonds. The molecule has 1 N–H and O–H groups in total. The van der Waals surface area contributed by atoms with Crippen LogP contribution in [0.15, 0.2) is 18.2 Å². The Morgan fingerprint density at radius 1 is 1.29 bits per heavy atom. The normalized spacial score (nSPS) is 21.4. The maximum absolute atomic E-state index is 12.9. The molecule has 1 heterocycles. The highest BCUT2D eigenvalue weighted by Crippen LogP contribution is 2.14. The lowest BCUT2D eigenvalue weighted by atomic mass is 10.0. The predicted octanol–water partition coefficient (Wildman–Crippen LogP) is 2.26. The Bertz CT molecular complexity index is 319. The van der Waals surface area contributed by atoms with Gasteiger partial charge in [-0.25, -0.2) is 8.78 Å². The molecule has 1 unspecified atom stereocenters. The number of hydrogen-bond donors (Lipinski definition) is 1. The van der Waals surface area contributed by atoms with Crippen molar-refractivity contribution in [3.8, 4) is 0 Å². The molecule has 0 bridgehead atoms. The largest absolute Gasteiger partial charge is 0.314 e. The van der Waals surface area contributed by atoms with Crippen LogP contribution in [0.3, 0.4) is 0 Å². The zero-order chi connectivity index (χ0) is 9.97. The summed E-state index contributed by atoms with van der Waals surface area (Å²) in [5.74, 6) is -1.52. The smallest absolute Gasteiger partial charge is 0.159 e. The minimum absolute atomic E-state index is 0.430. The summed E-state index contributed by atoms with van der Waals surface area (Å²) in [6, 6.07) is 4.56. The predicted molar refractivity (Wildman–Crippen MR) is 51.1 cm³/mol. The standard InChI is InChI=1S/C11H13F2N/c12-10-4-3-8(7-11(10)13)6-9-2-1-5-14-9/h3-4,7,9,14H,1-2,5-6H2. The number of hydrogen-bond acceptors (Lipinski definition) is 1. The Morgan fingerprint density at radius 2 is 2.14 bits per heavy atom. The molecule has 1 aromatic rings. The van der Waals surface area contributed by atoms with Crippen LogP contribution < -0.4 is 5.32 Å². The summed E-state index contributed by atoms with van der Waals surface area (Å²) in [6.07, 6.45) is 3.09. The molecule has 2 rings (SSSR count). The Kier molecular flexibility index (Phi) is 2.77. The number of benzene rings is 1.